The van der Waals surface area contributed by atoms with Crippen LogP contribution < -0.4 is 4.90 Å². The first-order chi connectivity index (χ1) is 11.7. The zero-order valence-corrected chi connectivity index (χ0v) is 14.3. The molecule has 3 aromatic rings. The first-order valence-corrected chi connectivity index (χ1v) is 8.39. The van der Waals surface area contributed by atoms with Crippen molar-refractivity contribution >= 4 is 40.1 Å². The molecule has 5 nitrogen and oxygen atoms in total. The molecule has 1 aliphatic rings. The number of hydrogen-bond acceptors (Lipinski definition) is 5. The van der Waals surface area contributed by atoms with E-state index < -0.39 is 0 Å². The molecule has 0 aliphatic carbocycles. The van der Waals surface area contributed by atoms with Gasteiger partial charge in [0.25, 0.3) is 0 Å². The lowest BCUT2D eigenvalue weighted by Crippen LogP contribution is -2.37. The Balaban J connectivity index is 1.81. The minimum atomic E-state index is 0.199. The van der Waals surface area contributed by atoms with Crippen LogP contribution in [0.3, 0.4) is 0 Å². The number of aromatic nitrogens is 3. The van der Waals surface area contributed by atoms with Crippen LogP contribution in [-0.2, 0) is 4.74 Å². The van der Waals surface area contributed by atoms with E-state index in [9.17, 15) is 0 Å². The second-order valence-electron chi connectivity index (χ2n) is 5.49. The van der Waals surface area contributed by atoms with E-state index in [-0.39, 0.29) is 5.28 Å². The van der Waals surface area contributed by atoms with Gasteiger partial charge in [0, 0.05) is 23.7 Å². The normalized spacial score (nSPS) is 15.0. The molecule has 0 saturated carbocycles. The first-order valence-electron chi connectivity index (χ1n) is 7.64. The van der Waals surface area contributed by atoms with Gasteiger partial charge in [-0.15, -0.1) is 0 Å². The topological polar surface area (TPSA) is 51.1 Å². The molecule has 1 aliphatic heterocycles. The van der Waals surface area contributed by atoms with Crippen LogP contribution in [0.4, 0.5) is 5.82 Å². The van der Waals surface area contributed by atoms with E-state index in [0.717, 1.165) is 35.6 Å². The molecular formula is C17H14Cl2N4O. The summed E-state index contributed by atoms with van der Waals surface area (Å²) in [4.78, 5) is 15.5. The number of fused-ring (bicyclic) bond motifs is 1. The number of pyridine rings is 1. The molecule has 0 spiro atoms. The summed E-state index contributed by atoms with van der Waals surface area (Å²) < 4.78 is 5.41. The van der Waals surface area contributed by atoms with Crippen molar-refractivity contribution in [2.24, 2.45) is 0 Å². The van der Waals surface area contributed by atoms with Crippen molar-refractivity contribution in [3.63, 3.8) is 0 Å². The molecule has 0 amide bonds. The molecule has 7 heteroatoms. The van der Waals surface area contributed by atoms with Gasteiger partial charge in [-0.1, -0.05) is 23.7 Å². The highest BCUT2D eigenvalue weighted by Gasteiger charge is 2.18. The van der Waals surface area contributed by atoms with Gasteiger partial charge in [0.05, 0.1) is 24.3 Å². The minimum absolute atomic E-state index is 0.199. The van der Waals surface area contributed by atoms with Gasteiger partial charge in [-0.05, 0) is 35.9 Å². The molecule has 2 aromatic heterocycles. The van der Waals surface area contributed by atoms with Gasteiger partial charge in [0.1, 0.15) is 5.82 Å². The third-order valence-electron chi connectivity index (χ3n) is 3.96. The van der Waals surface area contributed by atoms with Crippen molar-refractivity contribution in [2.45, 2.75) is 0 Å². The third kappa shape index (κ3) is 3.02. The Morgan fingerprint density at radius 3 is 2.38 bits per heavy atom. The molecule has 122 valence electrons. The van der Waals surface area contributed by atoms with Gasteiger partial charge in [-0.25, -0.2) is 4.98 Å². The number of anilines is 1. The van der Waals surface area contributed by atoms with Crippen molar-refractivity contribution in [1.29, 1.82) is 0 Å². The predicted octanol–water partition coefficient (Wildman–Crippen LogP) is 3.84. The van der Waals surface area contributed by atoms with Crippen molar-refractivity contribution < 1.29 is 4.74 Å². The van der Waals surface area contributed by atoms with Crippen LogP contribution in [-0.4, -0.2) is 41.3 Å². The maximum absolute atomic E-state index is 6.12. The number of benzene rings is 1. The van der Waals surface area contributed by atoms with Crippen molar-refractivity contribution in [1.82, 2.24) is 15.0 Å². The van der Waals surface area contributed by atoms with Gasteiger partial charge < -0.3 is 9.64 Å². The van der Waals surface area contributed by atoms with Crippen molar-refractivity contribution in [2.75, 3.05) is 31.2 Å². The Kier molecular flexibility index (Phi) is 4.22. The van der Waals surface area contributed by atoms with Gasteiger partial charge in [-0.3, -0.25) is 0 Å². The average molecular weight is 361 g/mol. The summed E-state index contributed by atoms with van der Waals surface area (Å²) in [6.07, 6.45) is 0. The average Bonchev–Trinajstić information content (AvgIpc) is 2.62. The second-order valence-corrected chi connectivity index (χ2v) is 6.26. The lowest BCUT2D eigenvalue weighted by Gasteiger charge is -2.28. The Hall–Kier alpha value is -1.95. The highest BCUT2D eigenvalue weighted by molar-refractivity contribution is 6.30. The number of hydrogen-bond donors (Lipinski definition) is 0. The van der Waals surface area contributed by atoms with E-state index in [1.54, 1.807) is 0 Å². The summed E-state index contributed by atoms with van der Waals surface area (Å²) in [5.74, 6) is 0.809. The van der Waals surface area contributed by atoms with E-state index in [2.05, 4.69) is 19.9 Å². The zero-order chi connectivity index (χ0) is 16.5. The highest BCUT2D eigenvalue weighted by Crippen LogP contribution is 2.28. The van der Waals surface area contributed by atoms with Crippen LogP contribution >= 0.6 is 23.2 Å². The molecule has 1 aromatic carbocycles. The largest absolute Gasteiger partial charge is 0.378 e. The quantitative estimate of drug-likeness (QED) is 0.650. The molecule has 24 heavy (non-hydrogen) atoms. The van der Waals surface area contributed by atoms with Gasteiger partial charge in [0.2, 0.25) is 5.28 Å². The summed E-state index contributed by atoms with van der Waals surface area (Å²) >= 11 is 12.1. The van der Waals surface area contributed by atoms with Crippen LogP contribution in [0, 0.1) is 0 Å². The summed E-state index contributed by atoms with van der Waals surface area (Å²) in [7, 11) is 0. The lowest BCUT2D eigenvalue weighted by atomic mass is 10.1. The number of rotatable bonds is 2. The van der Waals surface area contributed by atoms with Crippen LogP contribution in [0.15, 0.2) is 36.4 Å². The maximum atomic E-state index is 6.12. The molecule has 0 N–H and O–H groups in total. The van der Waals surface area contributed by atoms with E-state index >= 15 is 0 Å². The number of halogens is 2. The van der Waals surface area contributed by atoms with E-state index in [1.165, 1.54) is 0 Å². The summed E-state index contributed by atoms with van der Waals surface area (Å²) in [6.45, 7) is 2.92. The van der Waals surface area contributed by atoms with Crippen LogP contribution in [0.25, 0.3) is 22.3 Å². The third-order valence-corrected chi connectivity index (χ3v) is 4.38. The monoisotopic (exact) mass is 360 g/mol. The fourth-order valence-electron chi connectivity index (χ4n) is 2.77. The fourth-order valence-corrected chi connectivity index (χ4v) is 3.05. The van der Waals surface area contributed by atoms with Crippen molar-refractivity contribution in [3.05, 3.63) is 46.7 Å². The Labute approximate surface area is 149 Å². The molecular weight excluding hydrogens is 347 g/mol. The zero-order valence-electron chi connectivity index (χ0n) is 12.7. The summed E-state index contributed by atoms with van der Waals surface area (Å²) in [5, 5.41) is 1.78. The molecule has 0 atom stereocenters. The number of nitrogens with zero attached hydrogens (tertiary/aromatic N) is 4. The molecule has 0 radical (unpaired) electrons. The van der Waals surface area contributed by atoms with E-state index in [4.69, 9.17) is 27.9 Å². The molecule has 4 rings (SSSR count). The minimum Gasteiger partial charge on any atom is -0.378 e. The van der Waals surface area contributed by atoms with E-state index in [1.807, 2.05) is 36.4 Å². The maximum Gasteiger partial charge on any atom is 0.226 e. The molecule has 0 bridgehead atoms. The van der Waals surface area contributed by atoms with Crippen LogP contribution in [0.5, 0.6) is 0 Å². The van der Waals surface area contributed by atoms with Crippen LogP contribution in [0.2, 0.25) is 10.3 Å². The Morgan fingerprint density at radius 1 is 0.875 bits per heavy atom. The lowest BCUT2D eigenvalue weighted by molar-refractivity contribution is 0.122. The molecule has 3 heterocycles. The summed E-state index contributed by atoms with van der Waals surface area (Å²) in [5.41, 5.74) is 2.38. The first kappa shape index (κ1) is 15.6. The van der Waals surface area contributed by atoms with Gasteiger partial charge in [0.15, 0.2) is 5.65 Å². The number of morpholine rings is 1. The van der Waals surface area contributed by atoms with Crippen LogP contribution in [0.1, 0.15) is 0 Å². The SMILES string of the molecule is Clc1ccc(-c2ccc3c(N4CCOCC4)nc(Cl)nc3n2)cc1. The van der Waals surface area contributed by atoms with Crippen molar-refractivity contribution in [3.8, 4) is 11.3 Å². The predicted molar refractivity (Wildman–Crippen MR) is 95.8 cm³/mol. The summed E-state index contributed by atoms with van der Waals surface area (Å²) in [6, 6.07) is 11.5. The van der Waals surface area contributed by atoms with E-state index in [0.29, 0.717) is 23.9 Å². The fraction of sp³-hybridized carbons (Fsp3) is 0.235. The molecule has 0 unspecified atom stereocenters. The standard InChI is InChI=1S/C17H14Cl2N4O/c18-12-3-1-11(2-4-12)14-6-5-13-15(20-14)21-17(19)22-16(13)23-7-9-24-10-8-23/h1-6H,7-10H2. The Bertz CT molecular complexity index is 880. The Morgan fingerprint density at radius 2 is 1.62 bits per heavy atom. The number of ether oxygens (including phenoxy) is 1. The van der Waals surface area contributed by atoms with Gasteiger partial charge in [-0.2, -0.15) is 9.97 Å². The smallest absolute Gasteiger partial charge is 0.226 e. The second kappa shape index (κ2) is 6.51. The van der Waals surface area contributed by atoms with Gasteiger partial charge >= 0.3 is 0 Å². The highest BCUT2D eigenvalue weighted by atomic mass is 35.5. The molecule has 1 fully saturated rings. The molecule has 1 saturated heterocycles.